The van der Waals surface area contributed by atoms with Crippen LogP contribution in [0.5, 0.6) is 0 Å². The molecule has 2 N–H and O–H groups in total. The Balaban J connectivity index is 1.50. The molecule has 1 aromatic carbocycles. The van der Waals surface area contributed by atoms with Crippen LogP contribution >= 0.6 is 11.6 Å². The van der Waals surface area contributed by atoms with Gasteiger partial charge in [0.1, 0.15) is 0 Å². The van der Waals surface area contributed by atoms with Gasteiger partial charge in [0.2, 0.25) is 10.0 Å². The molecule has 1 unspecified atom stereocenters. The summed E-state index contributed by atoms with van der Waals surface area (Å²) in [7, 11) is -3.46. The van der Waals surface area contributed by atoms with Crippen molar-refractivity contribution in [2.75, 3.05) is 11.0 Å². The number of sulfonamides is 1. The molecular formula is C20H27ClN2O3S. The number of hydrogen-bond donors (Lipinski definition) is 2. The fourth-order valence-corrected chi connectivity index (χ4v) is 6.87. The predicted molar refractivity (Wildman–Crippen MR) is 107 cm³/mol. The number of benzene rings is 1. The van der Waals surface area contributed by atoms with Gasteiger partial charge >= 0.3 is 0 Å². The molecule has 0 aliphatic heterocycles. The standard InChI is InChI=1S/C20H27ClN2O3S/c1-12(20-9-13-5-14(10-20)7-15(6-13)11-20)22-19(24)16-3-4-17(21)18(8-16)23-27(2,25)26/h3-4,8,12-15,23H,5-7,9-11H2,1-2H3,(H,22,24). The molecule has 0 aromatic heterocycles. The third kappa shape index (κ3) is 3.83. The Kier molecular flexibility index (Phi) is 4.70. The first-order valence-corrected chi connectivity index (χ1v) is 12.0. The van der Waals surface area contributed by atoms with E-state index in [2.05, 4.69) is 17.0 Å². The monoisotopic (exact) mass is 410 g/mol. The fraction of sp³-hybridized carbons (Fsp3) is 0.650. The lowest BCUT2D eigenvalue weighted by atomic mass is 9.48. The van der Waals surface area contributed by atoms with Gasteiger partial charge in [0, 0.05) is 11.6 Å². The highest BCUT2D eigenvalue weighted by Crippen LogP contribution is 2.61. The third-order valence-corrected chi connectivity index (χ3v) is 7.80. The highest BCUT2D eigenvalue weighted by atomic mass is 35.5. The number of hydrogen-bond acceptors (Lipinski definition) is 3. The van der Waals surface area contributed by atoms with Gasteiger partial charge < -0.3 is 5.32 Å². The summed E-state index contributed by atoms with van der Waals surface area (Å²) in [6, 6.07) is 4.81. The highest BCUT2D eigenvalue weighted by molar-refractivity contribution is 7.92. The van der Waals surface area contributed by atoms with E-state index in [0.717, 1.165) is 24.0 Å². The number of carbonyl (C=O) groups is 1. The minimum Gasteiger partial charge on any atom is -0.349 e. The molecule has 148 valence electrons. The zero-order chi connectivity index (χ0) is 19.4. The van der Waals surface area contributed by atoms with E-state index < -0.39 is 10.0 Å². The second kappa shape index (κ2) is 6.66. The lowest BCUT2D eigenvalue weighted by Gasteiger charge is -2.59. The van der Waals surface area contributed by atoms with Gasteiger partial charge in [-0.1, -0.05) is 11.6 Å². The summed E-state index contributed by atoms with van der Waals surface area (Å²) in [5.74, 6) is 2.32. The first-order chi connectivity index (χ1) is 12.6. The molecule has 1 amide bonds. The van der Waals surface area contributed by atoms with Crippen molar-refractivity contribution < 1.29 is 13.2 Å². The van der Waals surface area contributed by atoms with Gasteiger partial charge in [0.25, 0.3) is 5.91 Å². The molecule has 4 saturated carbocycles. The molecule has 4 aliphatic rings. The first-order valence-electron chi connectivity index (χ1n) is 9.72. The van der Waals surface area contributed by atoms with Crippen LogP contribution in [0, 0.1) is 23.2 Å². The quantitative estimate of drug-likeness (QED) is 0.768. The largest absolute Gasteiger partial charge is 0.349 e. The molecule has 27 heavy (non-hydrogen) atoms. The van der Waals surface area contributed by atoms with Crippen LogP contribution < -0.4 is 10.0 Å². The molecule has 5 nitrogen and oxygen atoms in total. The fourth-order valence-electron chi connectivity index (χ4n) is 6.09. The van der Waals surface area contributed by atoms with Crippen molar-refractivity contribution in [1.82, 2.24) is 5.32 Å². The van der Waals surface area contributed by atoms with Gasteiger partial charge in [0.15, 0.2) is 0 Å². The number of halogens is 1. The Bertz CT molecular complexity index is 833. The molecule has 0 saturated heterocycles. The Hall–Kier alpha value is -1.27. The van der Waals surface area contributed by atoms with Crippen molar-refractivity contribution in [3.05, 3.63) is 28.8 Å². The smallest absolute Gasteiger partial charge is 0.251 e. The molecule has 4 fully saturated rings. The summed E-state index contributed by atoms with van der Waals surface area (Å²) in [6.45, 7) is 2.14. The summed E-state index contributed by atoms with van der Waals surface area (Å²) < 4.78 is 25.4. The first kappa shape index (κ1) is 19.1. The minimum atomic E-state index is -3.46. The van der Waals surface area contributed by atoms with Crippen LogP contribution in [0.15, 0.2) is 18.2 Å². The summed E-state index contributed by atoms with van der Waals surface area (Å²) in [5.41, 5.74) is 0.876. The summed E-state index contributed by atoms with van der Waals surface area (Å²) in [6.07, 6.45) is 8.85. The van der Waals surface area contributed by atoms with Gasteiger partial charge in [-0.25, -0.2) is 8.42 Å². The van der Waals surface area contributed by atoms with Crippen molar-refractivity contribution in [1.29, 1.82) is 0 Å². The Morgan fingerprint density at radius 2 is 1.70 bits per heavy atom. The molecule has 4 aliphatic carbocycles. The summed E-state index contributed by atoms with van der Waals surface area (Å²) >= 11 is 6.06. The van der Waals surface area contributed by atoms with Gasteiger partial charge in [-0.3, -0.25) is 9.52 Å². The SMILES string of the molecule is CC(NC(=O)c1ccc(Cl)c(NS(C)(=O)=O)c1)C12CC3CC(CC(C3)C1)C2. The molecule has 7 heteroatoms. The maximum absolute atomic E-state index is 12.8. The van der Waals surface area contributed by atoms with E-state index in [9.17, 15) is 13.2 Å². The number of anilines is 1. The van der Waals surface area contributed by atoms with E-state index in [1.54, 1.807) is 12.1 Å². The van der Waals surface area contributed by atoms with Crippen molar-refractivity contribution >= 4 is 33.2 Å². The summed E-state index contributed by atoms with van der Waals surface area (Å²) in [4.78, 5) is 12.8. The van der Waals surface area contributed by atoms with E-state index >= 15 is 0 Å². The molecular weight excluding hydrogens is 384 g/mol. The molecule has 0 spiro atoms. The van der Waals surface area contributed by atoms with Crippen LogP contribution in [0.3, 0.4) is 0 Å². The zero-order valence-corrected chi connectivity index (χ0v) is 17.4. The van der Waals surface area contributed by atoms with E-state index in [0.29, 0.717) is 5.56 Å². The topological polar surface area (TPSA) is 75.3 Å². The Morgan fingerprint density at radius 3 is 2.22 bits per heavy atom. The molecule has 0 radical (unpaired) electrons. The number of carbonyl (C=O) groups excluding carboxylic acids is 1. The van der Waals surface area contributed by atoms with E-state index in [-0.39, 0.29) is 28.1 Å². The maximum atomic E-state index is 12.8. The molecule has 4 bridgehead atoms. The molecule has 1 atom stereocenters. The molecule has 5 rings (SSSR count). The van der Waals surface area contributed by atoms with Crippen LogP contribution in [0.4, 0.5) is 5.69 Å². The van der Waals surface area contributed by atoms with Gasteiger partial charge in [-0.2, -0.15) is 0 Å². The van der Waals surface area contributed by atoms with Crippen LogP contribution in [-0.2, 0) is 10.0 Å². The summed E-state index contributed by atoms with van der Waals surface area (Å²) in [5, 5.41) is 3.47. The minimum absolute atomic E-state index is 0.111. The van der Waals surface area contributed by atoms with Crippen molar-refractivity contribution in [3.63, 3.8) is 0 Å². The van der Waals surface area contributed by atoms with Gasteiger partial charge in [0.05, 0.1) is 17.0 Å². The lowest BCUT2D eigenvalue weighted by Crippen LogP contribution is -2.55. The van der Waals surface area contributed by atoms with Crippen molar-refractivity contribution in [2.24, 2.45) is 23.2 Å². The van der Waals surface area contributed by atoms with E-state index in [4.69, 9.17) is 11.6 Å². The normalized spacial score (nSPS) is 32.9. The number of rotatable bonds is 5. The third-order valence-electron chi connectivity index (χ3n) is 6.88. The second-order valence-corrected chi connectivity index (χ2v) is 11.2. The lowest BCUT2D eigenvalue weighted by molar-refractivity contribution is -0.0688. The van der Waals surface area contributed by atoms with Gasteiger partial charge in [-0.05, 0) is 86.8 Å². The van der Waals surface area contributed by atoms with E-state index in [1.807, 2.05) is 0 Å². The number of amides is 1. The van der Waals surface area contributed by atoms with Crippen LogP contribution in [0.25, 0.3) is 0 Å². The average Bonchev–Trinajstić information content (AvgIpc) is 2.54. The Morgan fingerprint density at radius 1 is 1.15 bits per heavy atom. The predicted octanol–water partition coefficient (Wildman–Crippen LogP) is 4.05. The molecule has 0 heterocycles. The number of nitrogens with one attached hydrogen (secondary N) is 2. The van der Waals surface area contributed by atoms with Crippen molar-refractivity contribution in [3.8, 4) is 0 Å². The second-order valence-electron chi connectivity index (χ2n) is 9.04. The highest BCUT2D eigenvalue weighted by Gasteiger charge is 2.53. The van der Waals surface area contributed by atoms with Crippen LogP contribution in [-0.4, -0.2) is 26.6 Å². The van der Waals surface area contributed by atoms with E-state index in [1.165, 1.54) is 44.6 Å². The van der Waals surface area contributed by atoms with Gasteiger partial charge in [-0.15, -0.1) is 0 Å². The van der Waals surface area contributed by atoms with Crippen molar-refractivity contribution in [2.45, 2.75) is 51.5 Å². The van der Waals surface area contributed by atoms with Crippen LogP contribution in [0.2, 0.25) is 5.02 Å². The molecule has 1 aromatic rings. The zero-order valence-electron chi connectivity index (χ0n) is 15.8. The average molecular weight is 411 g/mol. The maximum Gasteiger partial charge on any atom is 0.251 e. The Labute approximate surface area is 166 Å². The van der Waals surface area contributed by atoms with Crippen LogP contribution in [0.1, 0.15) is 55.8 Å².